The lowest BCUT2D eigenvalue weighted by Gasteiger charge is -2.10. The van der Waals surface area contributed by atoms with E-state index in [0.717, 1.165) is 0 Å². The molecule has 2 rings (SSSR count). The third kappa shape index (κ3) is 3.67. The average molecular weight is 369 g/mol. The van der Waals surface area contributed by atoms with Gasteiger partial charge in [0.2, 0.25) is 0 Å². The summed E-state index contributed by atoms with van der Waals surface area (Å²) in [6.45, 7) is 0.429. The number of hydrogen-bond acceptors (Lipinski definition) is 4. The molecule has 0 aliphatic rings. The molecule has 2 aromatic rings. The Bertz CT molecular complexity index is 739. The fraction of sp³-hybridized carbons (Fsp3) is 0.167. The molecule has 0 amide bonds. The molecule has 0 saturated carbocycles. The molecular formula is C12H11Cl2FN2O2S2. The van der Waals surface area contributed by atoms with E-state index in [1.54, 1.807) is 12.4 Å². The quantitative estimate of drug-likeness (QED) is 0.790. The largest absolute Gasteiger partial charge is 0.315 e. The number of thiophene rings is 1. The molecule has 0 fully saturated rings. The van der Waals surface area contributed by atoms with Crippen molar-refractivity contribution < 1.29 is 12.8 Å². The smallest absolute Gasteiger partial charge is 0.263 e. The van der Waals surface area contributed by atoms with Gasteiger partial charge in [-0.15, -0.1) is 11.3 Å². The number of benzene rings is 1. The maximum absolute atomic E-state index is 13.3. The maximum Gasteiger partial charge on any atom is 0.263 e. The second kappa shape index (κ2) is 6.50. The van der Waals surface area contributed by atoms with Crippen LogP contribution in [0.4, 0.5) is 10.1 Å². The van der Waals surface area contributed by atoms with Crippen molar-refractivity contribution >= 4 is 50.2 Å². The Balaban J connectivity index is 2.35. The van der Waals surface area contributed by atoms with Crippen LogP contribution in [0.3, 0.4) is 0 Å². The minimum Gasteiger partial charge on any atom is -0.315 e. The number of sulfonamides is 1. The molecule has 114 valence electrons. The first-order valence-electron chi connectivity index (χ1n) is 5.73. The summed E-state index contributed by atoms with van der Waals surface area (Å²) in [6.07, 6.45) is 0. The molecule has 9 heteroatoms. The van der Waals surface area contributed by atoms with Crippen molar-refractivity contribution in [3.8, 4) is 0 Å². The summed E-state index contributed by atoms with van der Waals surface area (Å²) in [4.78, 5) is 0.836. The van der Waals surface area contributed by atoms with Gasteiger partial charge in [0.1, 0.15) is 4.90 Å². The predicted octanol–water partition coefficient (Wildman–Crippen LogP) is 3.71. The van der Waals surface area contributed by atoms with E-state index in [2.05, 4.69) is 10.0 Å². The zero-order valence-electron chi connectivity index (χ0n) is 10.8. The normalized spacial score (nSPS) is 11.6. The summed E-state index contributed by atoms with van der Waals surface area (Å²) in [7, 11) is -2.06. The van der Waals surface area contributed by atoms with Crippen molar-refractivity contribution in [3.63, 3.8) is 0 Å². The summed E-state index contributed by atoms with van der Waals surface area (Å²) in [5.41, 5.74) is 0.105. The minimum atomic E-state index is -3.79. The highest BCUT2D eigenvalue weighted by Crippen LogP contribution is 2.30. The van der Waals surface area contributed by atoms with E-state index in [1.165, 1.54) is 29.5 Å². The molecule has 1 aromatic heterocycles. The minimum absolute atomic E-state index is 0.105. The first-order chi connectivity index (χ1) is 9.85. The molecule has 4 nitrogen and oxygen atoms in total. The van der Waals surface area contributed by atoms with Gasteiger partial charge in [-0.2, -0.15) is 0 Å². The molecule has 1 aromatic carbocycles. The van der Waals surface area contributed by atoms with Crippen LogP contribution in [0.15, 0.2) is 28.5 Å². The molecule has 2 N–H and O–H groups in total. The molecule has 0 saturated heterocycles. The third-order valence-corrected chi connectivity index (χ3v) is 5.63. The van der Waals surface area contributed by atoms with Crippen molar-refractivity contribution in [2.24, 2.45) is 0 Å². The Morgan fingerprint density at radius 1 is 1.29 bits per heavy atom. The first kappa shape index (κ1) is 16.5. The van der Waals surface area contributed by atoms with E-state index in [-0.39, 0.29) is 20.6 Å². The lowest BCUT2D eigenvalue weighted by molar-refractivity contribution is 0.600. The highest BCUT2D eigenvalue weighted by atomic mass is 35.5. The Morgan fingerprint density at radius 2 is 1.90 bits per heavy atom. The second-order valence-electron chi connectivity index (χ2n) is 4.10. The van der Waals surface area contributed by atoms with Gasteiger partial charge in [-0.1, -0.05) is 23.2 Å². The van der Waals surface area contributed by atoms with Crippen molar-refractivity contribution in [3.05, 3.63) is 44.3 Å². The van der Waals surface area contributed by atoms with Gasteiger partial charge in [0, 0.05) is 11.4 Å². The molecule has 21 heavy (non-hydrogen) atoms. The predicted molar refractivity (Wildman–Crippen MR) is 84.3 cm³/mol. The van der Waals surface area contributed by atoms with E-state index >= 15 is 0 Å². The molecule has 0 aliphatic carbocycles. The fourth-order valence-corrected chi connectivity index (χ4v) is 4.67. The van der Waals surface area contributed by atoms with Crippen LogP contribution in [-0.2, 0) is 16.6 Å². The summed E-state index contributed by atoms with van der Waals surface area (Å²) in [5.74, 6) is -0.785. The van der Waals surface area contributed by atoms with Crippen molar-refractivity contribution in [2.75, 3.05) is 11.8 Å². The van der Waals surface area contributed by atoms with Gasteiger partial charge < -0.3 is 5.32 Å². The molecule has 0 aliphatic heterocycles. The molecule has 1 heterocycles. The van der Waals surface area contributed by atoms with Gasteiger partial charge in [-0.05, 0) is 30.6 Å². The van der Waals surface area contributed by atoms with Crippen LogP contribution in [0.2, 0.25) is 10.0 Å². The van der Waals surface area contributed by atoms with Gasteiger partial charge in [0.25, 0.3) is 10.0 Å². The highest BCUT2D eigenvalue weighted by Gasteiger charge is 2.20. The number of halogens is 3. The van der Waals surface area contributed by atoms with Crippen molar-refractivity contribution in [1.29, 1.82) is 0 Å². The highest BCUT2D eigenvalue weighted by molar-refractivity contribution is 7.93. The van der Waals surface area contributed by atoms with Crippen LogP contribution >= 0.6 is 34.5 Å². The number of nitrogens with one attached hydrogen (secondary N) is 2. The van der Waals surface area contributed by atoms with Gasteiger partial charge in [0.05, 0.1) is 15.7 Å². The van der Waals surface area contributed by atoms with Crippen LogP contribution < -0.4 is 10.0 Å². The standard InChI is InChI=1S/C12H11Cl2FN2O2S2/c1-16-6-10-11(2-3-20-10)21(18,19)17-7-4-8(13)12(15)9(14)5-7/h2-5,16-17H,6H2,1H3. The molecule has 0 atom stereocenters. The lowest BCUT2D eigenvalue weighted by atomic mass is 10.3. The Morgan fingerprint density at radius 3 is 2.48 bits per heavy atom. The molecule has 0 bridgehead atoms. The number of hydrogen-bond donors (Lipinski definition) is 2. The van der Waals surface area contributed by atoms with Crippen LogP contribution in [0.1, 0.15) is 4.88 Å². The van der Waals surface area contributed by atoms with E-state index < -0.39 is 15.8 Å². The number of rotatable bonds is 5. The van der Waals surface area contributed by atoms with Crippen LogP contribution in [-0.4, -0.2) is 15.5 Å². The monoisotopic (exact) mass is 368 g/mol. The van der Waals surface area contributed by atoms with Gasteiger partial charge in [-0.3, -0.25) is 4.72 Å². The van der Waals surface area contributed by atoms with E-state index in [1.807, 2.05) is 0 Å². The Hall–Kier alpha value is -0.860. The molecule has 0 unspecified atom stereocenters. The first-order valence-corrected chi connectivity index (χ1v) is 8.85. The Labute approximate surface area is 135 Å². The summed E-state index contributed by atoms with van der Waals surface area (Å²) < 4.78 is 40.4. The second-order valence-corrected chi connectivity index (χ2v) is 7.56. The van der Waals surface area contributed by atoms with Crippen molar-refractivity contribution in [2.45, 2.75) is 11.4 Å². The summed E-state index contributed by atoms with van der Waals surface area (Å²) in [6, 6.07) is 3.85. The van der Waals surface area contributed by atoms with E-state index in [9.17, 15) is 12.8 Å². The zero-order chi connectivity index (χ0) is 15.6. The van der Waals surface area contributed by atoms with Gasteiger partial charge in [-0.25, -0.2) is 12.8 Å². The maximum atomic E-state index is 13.3. The molecular weight excluding hydrogens is 358 g/mol. The summed E-state index contributed by atoms with van der Waals surface area (Å²) in [5, 5.41) is 4.09. The van der Waals surface area contributed by atoms with Crippen LogP contribution in [0.5, 0.6) is 0 Å². The molecule has 0 spiro atoms. The topological polar surface area (TPSA) is 58.2 Å². The molecule has 0 radical (unpaired) electrons. The Kier molecular flexibility index (Phi) is 5.11. The van der Waals surface area contributed by atoms with E-state index in [0.29, 0.717) is 11.4 Å². The fourth-order valence-electron chi connectivity index (χ4n) is 1.68. The van der Waals surface area contributed by atoms with Gasteiger partial charge in [0.15, 0.2) is 5.82 Å². The van der Waals surface area contributed by atoms with Gasteiger partial charge >= 0.3 is 0 Å². The number of anilines is 1. The third-order valence-electron chi connectivity index (χ3n) is 2.57. The van der Waals surface area contributed by atoms with Crippen molar-refractivity contribution in [1.82, 2.24) is 5.32 Å². The zero-order valence-corrected chi connectivity index (χ0v) is 13.9. The SMILES string of the molecule is CNCc1sccc1S(=O)(=O)Nc1cc(Cl)c(F)c(Cl)c1. The summed E-state index contributed by atoms with van der Waals surface area (Å²) >= 11 is 12.6. The lowest BCUT2D eigenvalue weighted by Crippen LogP contribution is -2.15. The average Bonchev–Trinajstić information content (AvgIpc) is 2.85. The van der Waals surface area contributed by atoms with E-state index in [4.69, 9.17) is 23.2 Å². The van der Waals surface area contributed by atoms with Crippen LogP contribution in [0, 0.1) is 5.82 Å². The van der Waals surface area contributed by atoms with Crippen LogP contribution in [0.25, 0.3) is 0 Å².